The smallest absolute Gasteiger partial charge is 0.226 e. The minimum atomic E-state index is -0.300. The summed E-state index contributed by atoms with van der Waals surface area (Å²) in [6, 6.07) is 13.9. The van der Waals surface area contributed by atoms with E-state index in [2.05, 4.69) is 5.16 Å². The van der Waals surface area contributed by atoms with Gasteiger partial charge in [-0.15, -0.1) is 0 Å². The van der Waals surface area contributed by atoms with Gasteiger partial charge in [0.05, 0.1) is 12.3 Å². The molecule has 4 rings (SSSR count). The Hall–Kier alpha value is -2.40. The summed E-state index contributed by atoms with van der Waals surface area (Å²) in [7, 11) is 0. The van der Waals surface area contributed by atoms with Gasteiger partial charge in [-0.3, -0.25) is 4.79 Å². The molecule has 2 aliphatic rings. The van der Waals surface area contributed by atoms with Crippen molar-refractivity contribution in [2.75, 3.05) is 6.54 Å². The van der Waals surface area contributed by atoms with Gasteiger partial charge >= 0.3 is 0 Å². The second kappa shape index (κ2) is 8.31. The second-order valence-corrected chi connectivity index (χ2v) is 7.89. The van der Waals surface area contributed by atoms with Gasteiger partial charge < -0.3 is 9.74 Å². The molecule has 0 aromatic heterocycles. The normalized spacial score (nSPS) is 18.9. The van der Waals surface area contributed by atoms with Crippen molar-refractivity contribution in [3.8, 4) is 0 Å². The second-order valence-electron chi connectivity index (χ2n) is 7.46. The molecular weight excluding hydrogens is 379 g/mol. The largest absolute Gasteiger partial charge is 0.390 e. The van der Waals surface area contributed by atoms with Crippen LogP contribution in [0.1, 0.15) is 36.8 Å². The predicted octanol–water partition coefficient (Wildman–Crippen LogP) is 4.80. The number of amides is 1. The highest BCUT2D eigenvalue weighted by Gasteiger charge is 2.33. The van der Waals surface area contributed by atoms with Crippen LogP contribution in [0, 0.1) is 11.7 Å². The standard InChI is InChI=1S/C22H22ClFN2O2/c23-18-8-1-4-15(10-18)13-26(22(27)16-5-2-6-16)14-20-12-21(25-28-20)17-7-3-9-19(24)11-17/h1,3-4,7-11,16,20H,2,5-6,12-14H2/t20-/m1/s1. The molecule has 0 radical (unpaired) electrons. The van der Waals surface area contributed by atoms with Crippen LogP contribution in [0.5, 0.6) is 0 Å². The first-order chi connectivity index (χ1) is 13.6. The van der Waals surface area contributed by atoms with E-state index in [9.17, 15) is 9.18 Å². The molecule has 4 nitrogen and oxygen atoms in total. The molecule has 1 saturated carbocycles. The molecule has 1 amide bonds. The fourth-order valence-electron chi connectivity index (χ4n) is 3.61. The molecule has 146 valence electrons. The van der Waals surface area contributed by atoms with Crippen molar-refractivity contribution in [1.29, 1.82) is 0 Å². The Kier molecular flexibility index (Phi) is 5.62. The number of carbonyl (C=O) groups excluding carboxylic acids is 1. The van der Waals surface area contributed by atoms with Gasteiger partial charge in [0, 0.05) is 29.5 Å². The maximum absolute atomic E-state index is 13.5. The number of halogens is 2. The molecule has 2 aromatic carbocycles. The minimum Gasteiger partial charge on any atom is -0.390 e. The van der Waals surface area contributed by atoms with E-state index in [1.54, 1.807) is 6.07 Å². The van der Waals surface area contributed by atoms with Gasteiger partial charge in [0.2, 0.25) is 5.91 Å². The number of nitrogens with zero attached hydrogens (tertiary/aromatic N) is 2. The van der Waals surface area contributed by atoms with Crippen molar-refractivity contribution in [3.05, 3.63) is 70.5 Å². The fourth-order valence-corrected chi connectivity index (χ4v) is 3.83. The number of oxime groups is 1. The number of carbonyl (C=O) groups is 1. The van der Waals surface area contributed by atoms with Crippen molar-refractivity contribution in [2.45, 2.75) is 38.3 Å². The van der Waals surface area contributed by atoms with Crippen LogP contribution in [0.15, 0.2) is 53.7 Å². The van der Waals surface area contributed by atoms with Crippen molar-refractivity contribution >= 4 is 23.2 Å². The van der Waals surface area contributed by atoms with E-state index in [1.807, 2.05) is 35.2 Å². The minimum absolute atomic E-state index is 0.101. The molecule has 1 atom stereocenters. The number of benzene rings is 2. The molecule has 0 saturated heterocycles. The Morgan fingerprint density at radius 2 is 2.04 bits per heavy atom. The van der Waals surface area contributed by atoms with Gasteiger partial charge in [0.25, 0.3) is 0 Å². The van der Waals surface area contributed by atoms with Crippen LogP contribution in [0.25, 0.3) is 0 Å². The summed E-state index contributed by atoms with van der Waals surface area (Å²) in [6.07, 6.45) is 3.31. The highest BCUT2D eigenvalue weighted by Crippen LogP contribution is 2.30. The topological polar surface area (TPSA) is 41.9 Å². The zero-order valence-electron chi connectivity index (χ0n) is 15.5. The molecule has 0 N–H and O–H groups in total. The summed E-state index contributed by atoms with van der Waals surface area (Å²) in [6.45, 7) is 0.940. The van der Waals surface area contributed by atoms with Gasteiger partial charge in [-0.2, -0.15) is 0 Å². The monoisotopic (exact) mass is 400 g/mol. The van der Waals surface area contributed by atoms with Crippen molar-refractivity contribution in [2.24, 2.45) is 11.1 Å². The Balaban J connectivity index is 1.44. The lowest BCUT2D eigenvalue weighted by atomic mass is 9.84. The fraction of sp³-hybridized carbons (Fsp3) is 0.364. The van der Waals surface area contributed by atoms with E-state index >= 15 is 0 Å². The zero-order valence-corrected chi connectivity index (χ0v) is 16.2. The van der Waals surface area contributed by atoms with Crippen LogP contribution >= 0.6 is 11.6 Å². The molecule has 1 fully saturated rings. The third kappa shape index (κ3) is 4.36. The molecule has 28 heavy (non-hydrogen) atoms. The number of hydrogen-bond acceptors (Lipinski definition) is 3. The summed E-state index contributed by atoms with van der Waals surface area (Å²) in [5, 5.41) is 4.79. The van der Waals surface area contributed by atoms with Crippen LogP contribution in [0.4, 0.5) is 4.39 Å². The van der Waals surface area contributed by atoms with E-state index in [0.29, 0.717) is 35.8 Å². The highest BCUT2D eigenvalue weighted by atomic mass is 35.5. The van der Waals surface area contributed by atoms with E-state index < -0.39 is 0 Å². The molecule has 6 heteroatoms. The maximum atomic E-state index is 13.5. The van der Waals surface area contributed by atoms with Gasteiger partial charge in [-0.1, -0.05) is 47.4 Å². The maximum Gasteiger partial charge on any atom is 0.226 e. The number of hydrogen-bond donors (Lipinski definition) is 0. The predicted molar refractivity (Wildman–Crippen MR) is 107 cm³/mol. The van der Waals surface area contributed by atoms with Gasteiger partial charge in [-0.25, -0.2) is 4.39 Å². The summed E-state index contributed by atoms with van der Waals surface area (Å²) >= 11 is 6.10. The average Bonchev–Trinajstić information content (AvgIpc) is 3.08. The third-order valence-electron chi connectivity index (χ3n) is 5.34. The van der Waals surface area contributed by atoms with Gasteiger partial charge in [0.1, 0.15) is 5.82 Å². The van der Waals surface area contributed by atoms with E-state index in [-0.39, 0.29) is 23.7 Å². The lowest BCUT2D eigenvalue weighted by Gasteiger charge is -2.32. The Morgan fingerprint density at radius 3 is 2.75 bits per heavy atom. The number of rotatable bonds is 6. The SMILES string of the molecule is O=C(C1CCC1)N(Cc1cccc(Cl)c1)C[C@H]1CC(c2cccc(F)c2)=NO1. The summed E-state index contributed by atoms with van der Waals surface area (Å²) in [5.74, 6) is -0.0374. The molecular formula is C22H22ClFN2O2. The highest BCUT2D eigenvalue weighted by molar-refractivity contribution is 6.30. The van der Waals surface area contributed by atoms with E-state index in [0.717, 1.165) is 24.8 Å². The Labute approximate surface area is 168 Å². The summed E-state index contributed by atoms with van der Waals surface area (Å²) < 4.78 is 13.5. The molecule has 1 aliphatic carbocycles. The zero-order chi connectivity index (χ0) is 19.5. The van der Waals surface area contributed by atoms with Crippen molar-refractivity contribution in [3.63, 3.8) is 0 Å². The van der Waals surface area contributed by atoms with E-state index in [1.165, 1.54) is 12.1 Å². The van der Waals surface area contributed by atoms with Crippen molar-refractivity contribution in [1.82, 2.24) is 4.90 Å². The third-order valence-corrected chi connectivity index (χ3v) is 5.58. The first-order valence-electron chi connectivity index (χ1n) is 9.60. The first-order valence-corrected chi connectivity index (χ1v) is 9.98. The van der Waals surface area contributed by atoms with Crippen LogP contribution in [-0.4, -0.2) is 29.2 Å². The van der Waals surface area contributed by atoms with Gasteiger partial charge in [-0.05, 0) is 42.7 Å². The summed E-state index contributed by atoms with van der Waals surface area (Å²) in [4.78, 5) is 20.4. The van der Waals surface area contributed by atoms with E-state index in [4.69, 9.17) is 16.4 Å². The molecule has 2 aromatic rings. The molecule has 0 unspecified atom stereocenters. The Bertz CT molecular complexity index is 898. The Morgan fingerprint density at radius 1 is 1.21 bits per heavy atom. The van der Waals surface area contributed by atoms with Crippen LogP contribution in [0.3, 0.4) is 0 Å². The molecule has 0 spiro atoms. The molecule has 1 aliphatic heterocycles. The van der Waals surface area contributed by atoms with Crippen LogP contribution in [0.2, 0.25) is 5.02 Å². The van der Waals surface area contributed by atoms with Crippen LogP contribution < -0.4 is 0 Å². The van der Waals surface area contributed by atoms with Crippen LogP contribution in [-0.2, 0) is 16.2 Å². The van der Waals surface area contributed by atoms with Crippen molar-refractivity contribution < 1.29 is 14.0 Å². The summed E-state index contributed by atoms with van der Waals surface area (Å²) in [5.41, 5.74) is 2.42. The lowest BCUT2D eigenvalue weighted by molar-refractivity contribution is -0.140. The lowest BCUT2D eigenvalue weighted by Crippen LogP contribution is -2.42. The average molecular weight is 401 g/mol. The quantitative estimate of drug-likeness (QED) is 0.698. The van der Waals surface area contributed by atoms with Gasteiger partial charge in [0.15, 0.2) is 6.10 Å². The first kappa shape index (κ1) is 18.9. The molecule has 0 bridgehead atoms. The molecule has 1 heterocycles.